The van der Waals surface area contributed by atoms with Crippen LogP contribution in [0.1, 0.15) is 68.2 Å². The van der Waals surface area contributed by atoms with Gasteiger partial charge in [0.25, 0.3) is 0 Å². The summed E-state index contributed by atoms with van der Waals surface area (Å²) in [7, 11) is 0. The number of benzene rings is 3. The molecule has 0 radical (unpaired) electrons. The van der Waals surface area contributed by atoms with Crippen molar-refractivity contribution in [2.45, 2.75) is 64.5 Å². The van der Waals surface area contributed by atoms with Gasteiger partial charge in [0.2, 0.25) is 11.8 Å². The minimum Gasteiger partial charge on any atom is -0.443 e. The maximum absolute atomic E-state index is 13.7. The summed E-state index contributed by atoms with van der Waals surface area (Å²) in [6.45, 7) is 5.96. The van der Waals surface area contributed by atoms with Crippen LogP contribution in [0.25, 0.3) is 0 Å². The highest BCUT2D eigenvalue weighted by molar-refractivity contribution is 5.85. The van der Waals surface area contributed by atoms with Gasteiger partial charge in [-0.25, -0.2) is 4.79 Å². The average molecular weight is 515 g/mol. The van der Waals surface area contributed by atoms with Gasteiger partial charge in [-0.2, -0.15) is 0 Å². The van der Waals surface area contributed by atoms with Gasteiger partial charge >= 0.3 is 5.97 Å². The van der Waals surface area contributed by atoms with Gasteiger partial charge in [-0.3, -0.25) is 9.59 Å². The second-order valence-corrected chi connectivity index (χ2v) is 9.52. The first kappa shape index (κ1) is 28.6. The summed E-state index contributed by atoms with van der Waals surface area (Å²) >= 11 is 0. The Kier molecular flexibility index (Phi) is 10.6. The first-order valence-corrected chi connectivity index (χ1v) is 13.3. The largest absolute Gasteiger partial charge is 0.443 e. The van der Waals surface area contributed by atoms with Crippen molar-refractivity contribution in [2.75, 3.05) is 6.54 Å². The Morgan fingerprint density at radius 2 is 1.34 bits per heavy atom. The standard InChI is InChI=1S/C32H38N2O4/c1-4-29(34-30(36)18-12-7-13-23-33-25(3)35)31(37)38-32(26-14-8-5-9-15-26,27-16-10-6-11-17-27)28-21-19-24(2)20-22-28/h5-6,8-11,14-17,19-22,29H,4,7,12-13,18,23H2,1-3H3,(H,33,35)(H,34,36). The number of nitrogens with one attached hydrogen (secondary N) is 2. The fourth-order valence-corrected chi connectivity index (χ4v) is 4.48. The summed E-state index contributed by atoms with van der Waals surface area (Å²) in [6.07, 6.45) is 3.01. The smallest absolute Gasteiger partial charge is 0.330 e. The summed E-state index contributed by atoms with van der Waals surface area (Å²) in [4.78, 5) is 37.4. The molecule has 0 saturated carbocycles. The van der Waals surface area contributed by atoms with Crippen LogP contribution in [-0.2, 0) is 24.7 Å². The Morgan fingerprint density at radius 3 is 1.87 bits per heavy atom. The van der Waals surface area contributed by atoms with E-state index >= 15 is 0 Å². The molecule has 38 heavy (non-hydrogen) atoms. The number of hydrogen-bond acceptors (Lipinski definition) is 4. The third-order valence-electron chi connectivity index (χ3n) is 6.55. The maximum Gasteiger partial charge on any atom is 0.330 e. The molecule has 0 spiro atoms. The van der Waals surface area contributed by atoms with E-state index < -0.39 is 17.6 Å². The lowest BCUT2D eigenvalue weighted by Gasteiger charge is -2.36. The molecule has 200 valence electrons. The molecule has 1 unspecified atom stereocenters. The van der Waals surface area contributed by atoms with Gasteiger partial charge in [-0.05, 0) is 26.2 Å². The molecule has 2 N–H and O–H groups in total. The zero-order valence-corrected chi connectivity index (χ0v) is 22.5. The highest BCUT2D eigenvalue weighted by Crippen LogP contribution is 2.41. The van der Waals surface area contributed by atoms with E-state index in [0.717, 1.165) is 35.1 Å². The van der Waals surface area contributed by atoms with Crippen molar-refractivity contribution in [1.29, 1.82) is 0 Å². The fraction of sp³-hybridized carbons (Fsp3) is 0.344. The van der Waals surface area contributed by atoms with E-state index in [1.165, 1.54) is 6.92 Å². The number of esters is 1. The zero-order valence-electron chi connectivity index (χ0n) is 22.5. The van der Waals surface area contributed by atoms with E-state index in [2.05, 4.69) is 10.6 Å². The van der Waals surface area contributed by atoms with Crippen molar-refractivity contribution in [1.82, 2.24) is 10.6 Å². The van der Waals surface area contributed by atoms with Crippen molar-refractivity contribution < 1.29 is 19.1 Å². The van der Waals surface area contributed by atoms with Crippen LogP contribution in [0, 0.1) is 6.92 Å². The predicted octanol–water partition coefficient (Wildman–Crippen LogP) is 5.42. The van der Waals surface area contributed by atoms with Crippen molar-refractivity contribution in [2.24, 2.45) is 0 Å². The van der Waals surface area contributed by atoms with Crippen LogP contribution in [0.3, 0.4) is 0 Å². The van der Waals surface area contributed by atoms with Crippen molar-refractivity contribution >= 4 is 17.8 Å². The Labute approximate surface area is 225 Å². The second kappa shape index (κ2) is 14.1. The van der Waals surface area contributed by atoms with Crippen LogP contribution in [0.4, 0.5) is 0 Å². The third kappa shape index (κ3) is 7.54. The Balaban J connectivity index is 1.84. The monoisotopic (exact) mass is 514 g/mol. The van der Waals surface area contributed by atoms with Crippen LogP contribution in [-0.4, -0.2) is 30.4 Å². The molecule has 0 heterocycles. The lowest BCUT2D eigenvalue weighted by molar-refractivity contribution is -0.157. The second-order valence-electron chi connectivity index (χ2n) is 9.52. The molecule has 1 atom stereocenters. The molecule has 2 amide bonds. The molecule has 0 aromatic heterocycles. The highest BCUT2D eigenvalue weighted by atomic mass is 16.6. The molecule has 6 nitrogen and oxygen atoms in total. The summed E-state index contributed by atoms with van der Waals surface area (Å²) in [5, 5.41) is 5.63. The number of ether oxygens (including phenoxy) is 1. The van der Waals surface area contributed by atoms with E-state index in [1.807, 2.05) is 98.8 Å². The van der Waals surface area contributed by atoms with Crippen molar-refractivity contribution in [3.63, 3.8) is 0 Å². The average Bonchev–Trinajstić information content (AvgIpc) is 2.93. The number of hydrogen-bond donors (Lipinski definition) is 2. The van der Waals surface area contributed by atoms with Crippen LogP contribution >= 0.6 is 0 Å². The summed E-state index contributed by atoms with van der Waals surface area (Å²) in [5.41, 5.74) is 2.39. The van der Waals surface area contributed by atoms with Crippen molar-refractivity contribution in [3.8, 4) is 0 Å². The van der Waals surface area contributed by atoms with Crippen LogP contribution < -0.4 is 10.6 Å². The highest BCUT2D eigenvalue weighted by Gasteiger charge is 2.42. The number of unbranched alkanes of at least 4 members (excludes halogenated alkanes) is 2. The summed E-state index contributed by atoms with van der Waals surface area (Å²) < 4.78 is 6.48. The molecule has 0 aliphatic rings. The first-order chi connectivity index (χ1) is 18.4. The molecule has 0 aliphatic heterocycles. The molecular weight excluding hydrogens is 476 g/mol. The van der Waals surface area contributed by atoms with Gasteiger partial charge in [0.15, 0.2) is 5.60 Å². The zero-order chi connectivity index (χ0) is 27.4. The number of carbonyl (C=O) groups is 3. The van der Waals surface area contributed by atoms with Gasteiger partial charge < -0.3 is 15.4 Å². The molecule has 0 fully saturated rings. The normalized spacial score (nSPS) is 11.9. The van der Waals surface area contributed by atoms with Crippen LogP contribution in [0.2, 0.25) is 0 Å². The first-order valence-electron chi connectivity index (χ1n) is 13.3. The quantitative estimate of drug-likeness (QED) is 0.181. The topological polar surface area (TPSA) is 84.5 Å². The Morgan fingerprint density at radius 1 is 0.789 bits per heavy atom. The van der Waals surface area contributed by atoms with Gasteiger partial charge in [0.1, 0.15) is 6.04 Å². The molecule has 3 rings (SSSR count). The van der Waals surface area contributed by atoms with Gasteiger partial charge in [0.05, 0.1) is 0 Å². The number of aryl methyl sites for hydroxylation is 1. The van der Waals surface area contributed by atoms with Crippen molar-refractivity contribution in [3.05, 3.63) is 107 Å². The summed E-state index contributed by atoms with van der Waals surface area (Å²) in [5.74, 6) is -0.728. The van der Waals surface area contributed by atoms with Crippen LogP contribution in [0.15, 0.2) is 84.9 Å². The lowest BCUT2D eigenvalue weighted by atomic mass is 9.79. The number of amides is 2. The SMILES string of the molecule is CCC(NC(=O)CCCCCNC(C)=O)C(=O)OC(c1ccccc1)(c1ccccc1)c1ccc(C)cc1. The Hall–Kier alpha value is -3.93. The van der Waals surface area contributed by atoms with E-state index in [-0.39, 0.29) is 11.8 Å². The minimum atomic E-state index is -1.19. The fourth-order valence-electron chi connectivity index (χ4n) is 4.48. The molecule has 6 heteroatoms. The Bertz CT molecular complexity index is 1140. The minimum absolute atomic E-state index is 0.0558. The molecule has 3 aromatic carbocycles. The molecule has 3 aromatic rings. The molecule has 0 bridgehead atoms. The van der Waals surface area contributed by atoms with Gasteiger partial charge in [0, 0.05) is 36.6 Å². The molecular formula is C32H38N2O4. The van der Waals surface area contributed by atoms with Gasteiger partial charge in [-0.1, -0.05) is 104 Å². The lowest BCUT2D eigenvalue weighted by Crippen LogP contribution is -2.45. The van der Waals surface area contributed by atoms with Crippen LogP contribution in [0.5, 0.6) is 0 Å². The van der Waals surface area contributed by atoms with E-state index in [0.29, 0.717) is 25.8 Å². The number of carbonyl (C=O) groups excluding carboxylic acids is 3. The van der Waals surface area contributed by atoms with E-state index in [9.17, 15) is 14.4 Å². The molecule has 0 saturated heterocycles. The summed E-state index contributed by atoms with van der Waals surface area (Å²) in [6, 6.07) is 26.6. The predicted molar refractivity (Wildman–Crippen MR) is 149 cm³/mol. The van der Waals surface area contributed by atoms with E-state index in [1.54, 1.807) is 0 Å². The molecule has 0 aliphatic carbocycles. The maximum atomic E-state index is 13.7. The van der Waals surface area contributed by atoms with Gasteiger partial charge in [-0.15, -0.1) is 0 Å². The van der Waals surface area contributed by atoms with E-state index in [4.69, 9.17) is 4.74 Å². The number of rotatable bonds is 13. The third-order valence-corrected chi connectivity index (χ3v) is 6.55.